The summed E-state index contributed by atoms with van der Waals surface area (Å²) in [4.78, 5) is 13.8. The highest BCUT2D eigenvalue weighted by molar-refractivity contribution is 5.69. The molecule has 0 spiro atoms. The summed E-state index contributed by atoms with van der Waals surface area (Å²) in [6.45, 7) is 20.2. The van der Waals surface area contributed by atoms with E-state index in [4.69, 9.17) is 32.1 Å². The molecule has 88 heavy (non-hydrogen) atoms. The molecule has 0 N–H and O–H groups in total. The van der Waals surface area contributed by atoms with Crippen LogP contribution in [0.2, 0.25) is 0 Å². The van der Waals surface area contributed by atoms with Gasteiger partial charge in [-0.3, -0.25) is 0 Å². The van der Waals surface area contributed by atoms with Gasteiger partial charge < -0.3 is 33.6 Å². The van der Waals surface area contributed by atoms with Gasteiger partial charge in [-0.1, -0.05) is 109 Å². The number of hydrogen-bond donors (Lipinski definition) is 0. The topological polar surface area (TPSA) is 55.4 Å². The van der Waals surface area contributed by atoms with E-state index in [0.717, 1.165) is 143 Å². The number of rotatable bonds is 21. The minimum Gasteiger partial charge on any atom is -0.361 e. The molecule has 12 rings (SSSR count). The molecule has 4 atom stereocenters. The van der Waals surface area contributed by atoms with Crippen LogP contribution in [0.1, 0.15) is 118 Å². The van der Waals surface area contributed by atoms with Gasteiger partial charge >= 0.3 is 0 Å². The van der Waals surface area contributed by atoms with E-state index in [1.807, 2.05) is 60.7 Å². The van der Waals surface area contributed by atoms with Crippen LogP contribution < -0.4 is 0 Å². The van der Waals surface area contributed by atoms with E-state index in [1.54, 1.807) is 24.3 Å². The molecule has 9 nitrogen and oxygen atoms in total. The van der Waals surface area contributed by atoms with Crippen molar-refractivity contribution in [2.75, 3.05) is 61.4 Å². The Labute approximate surface area is 515 Å². The largest absolute Gasteiger partial charge is 0.361 e. The molecule has 0 aromatic heterocycles. The van der Waals surface area contributed by atoms with Crippen LogP contribution in [0.5, 0.6) is 0 Å². The average Bonchev–Trinajstić information content (AvgIpc) is 1.98. The van der Waals surface area contributed by atoms with Crippen molar-refractivity contribution in [3.8, 4) is 11.1 Å². The molecule has 0 saturated carbocycles. The number of benzene rings is 8. The molecule has 4 unspecified atom stereocenters. The highest BCUT2D eigenvalue weighted by Crippen LogP contribution is 2.51. The molecule has 4 aliphatic heterocycles. The van der Waals surface area contributed by atoms with Crippen LogP contribution in [0.15, 0.2) is 170 Å². The fourth-order valence-electron chi connectivity index (χ4n) is 13.8. The van der Waals surface area contributed by atoms with Gasteiger partial charge in [-0.05, 0) is 251 Å². The molecule has 13 heteroatoms. The Kier molecular flexibility index (Phi) is 18.6. The third-order valence-electron chi connectivity index (χ3n) is 18.3. The van der Waals surface area contributed by atoms with E-state index < -0.39 is 22.4 Å². The van der Waals surface area contributed by atoms with Crippen molar-refractivity contribution in [2.45, 2.75) is 100 Å². The van der Waals surface area contributed by atoms with Crippen LogP contribution in [-0.2, 0) is 67.8 Å². The summed E-state index contributed by atoms with van der Waals surface area (Å²) in [5.74, 6) is -1.06. The summed E-state index contributed by atoms with van der Waals surface area (Å²) in [6.07, 6.45) is 6.68. The lowest BCUT2D eigenvalue weighted by Crippen LogP contribution is -2.31. The zero-order chi connectivity index (χ0) is 61.6. The Morgan fingerprint density at radius 3 is 0.886 bits per heavy atom. The maximum Gasteiger partial charge on any atom is 0.187 e. The van der Waals surface area contributed by atoms with E-state index in [2.05, 4.69) is 96.0 Å². The second-order valence-corrected chi connectivity index (χ2v) is 24.5. The van der Waals surface area contributed by atoms with Gasteiger partial charge in [-0.25, -0.2) is 27.3 Å². The number of nitrogens with zero attached hydrogens (tertiary/aromatic N) is 5. The van der Waals surface area contributed by atoms with Gasteiger partial charge in [0.25, 0.3) is 0 Å². The van der Waals surface area contributed by atoms with Gasteiger partial charge in [0.2, 0.25) is 0 Å². The second-order valence-electron chi connectivity index (χ2n) is 24.5. The van der Waals surface area contributed by atoms with Crippen molar-refractivity contribution < 1.29 is 36.5 Å². The van der Waals surface area contributed by atoms with Gasteiger partial charge in [-0.15, -0.1) is 0 Å². The Morgan fingerprint density at radius 1 is 0.352 bits per heavy atom. The summed E-state index contributed by atoms with van der Waals surface area (Å²) in [6, 6.07) is 51.3. The summed E-state index contributed by atoms with van der Waals surface area (Å²) >= 11 is 0. The molecule has 0 bridgehead atoms. The molecule has 452 valence electrons. The first-order valence-corrected chi connectivity index (χ1v) is 30.4. The second kappa shape index (κ2) is 26.5. The highest BCUT2D eigenvalue weighted by atomic mass is 19.1. The van der Waals surface area contributed by atoms with E-state index in [0.29, 0.717) is 50.6 Å². The monoisotopic (exact) mass is 1190 g/mol. The molecule has 0 amide bonds. The lowest BCUT2D eigenvalue weighted by molar-refractivity contribution is -0.0166. The van der Waals surface area contributed by atoms with Gasteiger partial charge in [0.1, 0.15) is 45.7 Å². The average molecular weight is 1190 g/mol. The zero-order valence-electron chi connectivity index (χ0n) is 50.9. The molecular weight excluding hydrogens is 1110 g/mol. The third-order valence-corrected chi connectivity index (χ3v) is 18.3. The molecular formula is C75H75F4N5O4. The smallest absolute Gasteiger partial charge is 0.187 e. The van der Waals surface area contributed by atoms with Crippen LogP contribution in [0, 0.1) is 36.4 Å². The Bertz CT molecular complexity index is 3600. The van der Waals surface area contributed by atoms with E-state index in [1.165, 1.54) is 48.5 Å². The summed E-state index contributed by atoms with van der Waals surface area (Å²) < 4.78 is 81.6. The van der Waals surface area contributed by atoms with Crippen molar-refractivity contribution in [1.29, 1.82) is 0 Å². The normalized spacial score (nSPS) is 20.5. The van der Waals surface area contributed by atoms with Crippen molar-refractivity contribution >= 4 is 11.4 Å². The van der Waals surface area contributed by atoms with Crippen LogP contribution in [-0.4, -0.2) is 76.1 Å². The van der Waals surface area contributed by atoms with E-state index >= 15 is 0 Å². The van der Waals surface area contributed by atoms with Crippen molar-refractivity contribution in [3.05, 3.63) is 283 Å². The quantitative estimate of drug-likeness (QED) is 0.0525. The number of fused-ring (bicyclic) bond motifs is 4. The molecule has 0 saturated heterocycles. The standard InChI is InChI=1S/C38H42F2N2O2.C37H33F2N3O2/c1-41(2)21-5-19-37(31-9-13-33(39)14-10-31)35-17-7-27(23-29(35)25-43-37)28-8-18-36-30(24-28)26-44-38(36,20-6-22-42(3)4)32-11-15-34(40)16-12-32;1-40-32-14-16-34-26(22-32)24-43-36(34,28-6-10-30(38)11-7-28)18-4-20-42(3)21-5-19-37(29-8-12-31(39)13-9-29)35-17-15-33(41-2)23-27(35)25-44-37/h7-18,23-24H,5-6,19-22,25-26H2,1-4H3;6-17,22-23H,4-5,18-21,24-25H2,3H3. The van der Waals surface area contributed by atoms with Crippen LogP contribution in [0.4, 0.5) is 28.9 Å². The molecule has 0 aliphatic carbocycles. The molecule has 4 aliphatic rings. The zero-order valence-corrected chi connectivity index (χ0v) is 50.9. The van der Waals surface area contributed by atoms with Gasteiger partial charge in [-0.2, -0.15) is 0 Å². The van der Waals surface area contributed by atoms with Crippen molar-refractivity contribution in [3.63, 3.8) is 0 Å². The van der Waals surface area contributed by atoms with E-state index in [-0.39, 0.29) is 23.3 Å². The molecule has 0 fully saturated rings. The van der Waals surface area contributed by atoms with Crippen LogP contribution >= 0.6 is 0 Å². The molecule has 8 aromatic rings. The molecule has 4 heterocycles. The number of halogens is 4. The fraction of sp³-hybridized carbons (Fsp3) is 0.333. The summed E-state index contributed by atoms with van der Waals surface area (Å²) in [5.41, 5.74) is 13.4. The fourth-order valence-corrected chi connectivity index (χ4v) is 13.8. The Balaban J connectivity index is 0.000000182. The lowest BCUT2D eigenvalue weighted by atomic mass is 9.80. The minimum absolute atomic E-state index is 0.243. The number of hydrogen-bond acceptors (Lipinski definition) is 7. The lowest BCUT2D eigenvalue weighted by Gasteiger charge is -2.32. The van der Waals surface area contributed by atoms with Crippen LogP contribution in [0.25, 0.3) is 20.8 Å². The minimum atomic E-state index is -0.692. The van der Waals surface area contributed by atoms with Crippen molar-refractivity contribution in [1.82, 2.24) is 14.7 Å². The van der Waals surface area contributed by atoms with Crippen LogP contribution in [0.3, 0.4) is 0 Å². The predicted molar refractivity (Wildman–Crippen MR) is 337 cm³/mol. The third kappa shape index (κ3) is 12.6. The van der Waals surface area contributed by atoms with Gasteiger partial charge in [0.05, 0.1) is 39.6 Å². The predicted octanol–water partition coefficient (Wildman–Crippen LogP) is 16.7. The summed E-state index contributed by atoms with van der Waals surface area (Å²) in [7, 11) is 10.4. The first-order valence-electron chi connectivity index (χ1n) is 30.4. The first kappa shape index (κ1) is 61.8. The molecule has 8 aromatic carbocycles. The molecule has 0 radical (unpaired) electrons. The highest BCUT2D eigenvalue weighted by Gasteiger charge is 2.45. The van der Waals surface area contributed by atoms with Crippen molar-refractivity contribution in [2.24, 2.45) is 0 Å². The summed E-state index contributed by atoms with van der Waals surface area (Å²) in [5, 5.41) is 0. The van der Waals surface area contributed by atoms with Gasteiger partial charge in [0.15, 0.2) is 11.4 Å². The number of ether oxygens (including phenoxy) is 4. The maximum atomic E-state index is 13.9. The van der Waals surface area contributed by atoms with E-state index in [9.17, 15) is 17.6 Å². The first-order chi connectivity index (χ1) is 42.6. The van der Waals surface area contributed by atoms with Gasteiger partial charge in [0, 0.05) is 0 Å². The Morgan fingerprint density at radius 2 is 0.614 bits per heavy atom. The Hall–Kier alpha value is -7.82. The maximum absolute atomic E-state index is 13.9. The SMILES string of the molecule is CN(C)CCCC1(c2ccc(F)cc2)OCc2cc(-c3ccc4c(c3)COC4(CCCN(C)C)c3ccc(F)cc3)ccc21.[C-]#[N+]c1ccc2c(c1)COC2(CCCN(C)CCCC1(c2ccc(F)cc2)OCc2cc([N+]#[C-])ccc21)c1ccc(F)cc1.